The highest BCUT2D eigenvalue weighted by atomic mass is 19.4. The minimum atomic E-state index is -5.28. The number of halogens is 6. The fourth-order valence-corrected chi connectivity index (χ4v) is 4.40. The van der Waals surface area contributed by atoms with Crippen molar-refractivity contribution in [3.8, 4) is 0 Å². The molecule has 0 heterocycles. The lowest BCUT2D eigenvalue weighted by molar-refractivity contribution is -0.284. The number of allylic oxidation sites excluding steroid dienone is 1. The van der Waals surface area contributed by atoms with Crippen LogP contribution in [-0.2, 0) is 39.7 Å². The molecule has 2 aromatic carbocycles. The molecule has 0 bridgehead atoms. The molecular formula is C27H26F6O6. The van der Waals surface area contributed by atoms with Gasteiger partial charge in [0.1, 0.15) is 6.10 Å². The average Bonchev–Trinajstić information content (AvgIpc) is 3.10. The molecule has 39 heavy (non-hydrogen) atoms. The Balaban J connectivity index is 1.98. The number of ether oxygens (including phenoxy) is 4. The number of methoxy groups -OCH3 is 2. The van der Waals surface area contributed by atoms with Crippen LogP contribution in [0.3, 0.4) is 0 Å². The molecule has 2 aromatic rings. The van der Waals surface area contributed by atoms with Crippen molar-refractivity contribution in [2.24, 2.45) is 0 Å². The van der Waals surface area contributed by atoms with Crippen LogP contribution < -0.4 is 0 Å². The third-order valence-electron chi connectivity index (χ3n) is 6.40. The van der Waals surface area contributed by atoms with Gasteiger partial charge in [-0.15, -0.1) is 0 Å². The molecule has 0 N–H and O–H groups in total. The molecule has 0 amide bonds. The summed E-state index contributed by atoms with van der Waals surface area (Å²) in [5.41, 5.74) is -8.22. The fourth-order valence-electron chi connectivity index (χ4n) is 4.40. The van der Waals surface area contributed by atoms with Gasteiger partial charge in [0.25, 0.3) is 11.2 Å². The van der Waals surface area contributed by atoms with E-state index in [0.717, 1.165) is 24.3 Å². The maximum atomic E-state index is 14.3. The molecule has 1 aliphatic carbocycles. The van der Waals surface area contributed by atoms with Crippen LogP contribution in [0.4, 0.5) is 26.3 Å². The van der Waals surface area contributed by atoms with Crippen molar-refractivity contribution in [3.63, 3.8) is 0 Å². The number of hydrogen-bond acceptors (Lipinski definition) is 6. The van der Waals surface area contributed by atoms with E-state index in [2.05, 4.69) is 0 Å². The van der Waals surface area contributed by atoms with E-state index in [-0.39, 0.29) is 12.8 Å². The Hall–Kier alpha value is -3.38. The minimum absolute atomic E-state index is 0.111. The fraction of sp³-hybridized carbons (Fsp3) is 0.407. The van der Waals surface area contributed by atoms with Gasteiger partial charge in [0.2, 0.25) is 0 Å². The maximum absolute atomic E-state index is 14.3. The van der Waals surface area contributed by atoms with Crippen LogP contribution in [0.15, 0.2) is 72.8 Å². The highest BCUT2D eigenvalue weighted by molar-refractivity contribution is 5.84. The van der Waals surface area contributed by atoms with Gasteiger partial charge in [-0.25, -0.2) is 9.59 Å². The monoisotopic (exact) mass is 560 g/mol. The lowest BCUT2D eigenvalue weighted by Gasteiger charge is -2.36. The molecule has 0 radical (unpaired) electrons. The predicted octanol–water partition coefficient (Wildman–Crippen LogP) is 5.76. The highest BCUT2D eigenvalue weighted by Crippen LogP contribution is 2.45. The van der Waals surface area contributed by atoms with E-state index in [0.29, 0.717) is 20.6 Å². The Morgan fingerprint density at radius 3 is 1.56 bits per heavy atom. The van der Waals surface area contributed by atoms with Gasteiger partial charge in [0.15, 0.2) is 6.10 Å². The summed E-state index contributed by atoms with van der Waals surface area (Å²) in [5.74, 6) is -3.74. The van der Waals surface area contributed by atoms with E-state index in [9.17, 15) is 35.9 Å². The molecule has 4 atom stereocenters. The summed E-state index contributed by atoms with van der Waals surface area (Å²) in [4.78, 5) is 26.3. The Kier molecular flexibility index (Phi) is 9.12. The molecule has 0 fully saturated rings. The molecule has 1 aliphatic rings. The van der Waals surface area contributed by atoms with Crippen molar-refractivity contribution >= 4 is 11.9 Å². The van der Waals surface area contributed by atoms with Gasteiger partial charge in [-0.05, 0) is 25.3 Å². The summed E-state index contributed by atoms with van der Waals surface area (Å²) in [5, 5.41) is 0. The van der Waals surface area contributed by atoms with E-state index in [1.54, 1.807) is 0 Å². The van der Waals surface area contributed by atoms with Crippen LogP contribution in [0, 0.1) is 0 Å². The summed E-state index contributed by atoms with van der Waals surface area (Å²) in [7, 11) is 1.36. The van der Waals surface area contributed by atoms with Gasteiger partial charge >= 0.3 is 24.3 Å². The highest BCUT2D eigenvalue weighted by Gasteiger charge is 2.66. The third kappa shape index (κ3) is 5.67. The van der Waals surface area contributed by atoms with Gasteiger partial charge in [0.05, 0.1) is 0 Å². The summed E-state index contributed by atoms with van der Waals surface area (Å²) in [6.45, 7) is 0. The maximum Gasteiger partial charge on any atom is 0.432 e. The van der Waals surface area contributed by atoms with Gasteiger partial charge < -0.3 is 18.9 Å². The first kappa shape index (κ1) is 30.2. The number of benzene rings is 2. The molecule has 2 unspecified atom stereocenters. The number of rotatable bonds is 8. The van der Waals surface area contributed by atoms with E-state index >= 15 is 0 Å². The van der Waals surface area contributed by atoms with Crippen molar-refractivity contribution in [1.29, 1.82) is 0 Å². The predicted molar refractivity (Wildman–Crippen MR) is 125 cm³/mol. The number of esters is 2. The normalized spacial score (nSPS) is 21.2. The van der Waals surface area contributed by atoms with Crippen molar-refractivity contribution in [3.05, 3.63) is 83.9 Å². The second-order valence-electron chi connectivity index (χ2n) is 8.67. The van der Waals surface area contributed by atoms with Crippen LogP contribution >= 0.6 is 0 Å². The first-order chi connectivity index (χ1) is 18.3. The van der Waals surface area contributed by atoms with E-state index in [4.69, 9.17) is 18.9 Å². The minimum Gasteiger partial charge on any atom is -0.455 e. The second-order valence-corrected chi connectivity index (χ2v) is 8.67. The lowest BCUT2D eigenvalue weighted by Crippen LogP contribution is -2.55. The van der Waals surface area contributed by atoms with Crippen LogP contribution in [-0.4, -0.2) is 50.7 Å². The average molecular weight is 560 g/mol. The molecule has 0 aromatic heterocycles. The van der Waals surface area contributed by atoms with Crippen LogP contribution in [0.1, 0.15) is 30.4 Å². The lowest BCUT2D eigenvalue weighted by atomic mass is 9.92. The Bertz CT molecular complexity index is 1150. The van der Waals surface area contributed by atoms with Gasteiger partial charge in [-0.2, -0.15) is 26.3 Å². The molecule has 0 saturated heterocycles. The third-order valence-corrected chi connectivity index (χ3v) is 6.40. The van der Waals surface area contributed by atoms with Crippen molar-refractivity contribution in [2.75, 3.05) is 14.2 Å². The van der Waals surface area contributed by atoms with Crippen LogP contribution in [0.5, 0.6) is 0 Å². The molecule has 212 valence electrons. The molecule has 12 heteroatoms. The standard InChI is InChI=1S/C27H26F6O6/c1-36-24(26(28,29)30,18-12-6-3-7-13-18)22(34)38-20-16-10-5-11-17-21(20)39-23(35)25(37-2,27(31,32)33)19-14-8-4-9-15-19/h3-4,6-10,12-16,20-21H,5,11,17H2,1-2H3/t20-,21+,24?,25?/m0/s1. The second kappa shape index (κ2) is 11.8. The number of carbonyl (C=O) groups is 2. The zero-order valence-electron chi connectivity index (χ0n) is 20.9. The van der Waals surface area contributed by atoms with E-state index in [1.165, 1.54) is 48.6 Å². The van der Waals surface area contributed by atoms with Crippen LogP contribution in [0.25, 0.3) is 0 Å². The largest absolute Gasteiger partial charge is 0.455 e. The van der Waals surface area contributed by atoms with Gasteiger partial charge in [-0.3, -0.25) is 0 Å². The van der Waals surface area contributed by atoms with Gasteiger partial charge in [0, 0.05) is 25.3 Å². The molecule has 0 aliphatic heterocycles. The van der Waals surface area contributed by atoms with Crippen molar-refractivity contribution in [2.45, 2.75) is 55.0 Å². The molecular weight excluding hydrogens is 534 g/mol. The molecule has 0 spiro atoms. The summed E-state index contributed by atoms with van der Waals surface area (Å²) in [6.07, 6.45) is -10.6. The van der Waals surface area contributed by atoms with Crippen molar-refractivity contribution in [1.82, 2.24) is 0 Å². The quantitative estimate of drug-likeness (QED) is 0.232. The SMILES string of the molecule is COC(C(=O)O[C@H]1C=CCCC[C@H]1OC(=O)C(OC)(c1ccccc1)C(F)(F)F)(c1ccccc1)C(F)(F)F. The topological polar surface area (TPSA) is 71.1 Å². The summed E-state index contributed by atoms with van der Waals surface area (Å²) < 4.78 is 106. The Morgan fingerprint density at radius 1 is 0.718 bits per heavy atom. The summed E-state index contributed by atoms with van der Waals surface area (Å²) in [6, 6.07) is 12.0. The molecule has 0 saturated carbocycles. The molecule has 6 nitrogen and oxygen atoms in total. The zero-order valence-corrected chi connectivity index (χ0v) is 20.9. The van der Waals surface area contributed by atoms with E-state index in [1.807, 2.05) is 0 Å². The zero-order chi connectivity index (χ0) is 28.9. The number of hydrogen-bond donors (Lipinski definition) is 0. The molecule has 3 rings (SSSR count). The Morgan fingerprint density at radius 2 is 1.15 bits per heavy atom. The number of alkyl halides is 6. The first-order valence-corrected chi connectivity index (χ1v) is 11.8. The first-order valence-electron chi connectivity index (χ1n) is 11.8. The van der Waals surface area contributed by atoms with E-state index < -0.39 is 58.8 Å². The van der Waals surface area contributed by atoms with Crippen molar-refractivity contribution < 1.29 is 54.9 Å². The van der Waals surface area contributed by atoms with Gasteiger partial charge in [-0.1, -0.05) is 66.7 Å². The van der Waals surface area contributed by atoms with Crippen LogP contribution in [0.2, 0.25) is 0 Å². The Labute approximate surface area is 220 Å². The smallest absolute Gasteiger partial charge is 0.432 e. The summed E-state index contributed by atoms with van der Waals surface area (Å²) >= 11 is 0. The number of carbonyl (C=O) groups excluding carboxylic acids is 2.